The summed E-state index contributed by atoms with van der Waals surface area (Å²) in [5.41, 5.74) is 1.47. The number of hydrogen-bond donors (Lipinski definition) is 4. The van der Waals surface area contributed by atoms with Crippen molar-refractivity contribution in [2.24, 2.45) is 18.0 Å². The second kappa shape index (κ2) is 10.4. The Morgan fingerprint density at radius 3 is 2.77 bits per heavy atom. The molecule has 1 atom stereocenters. The first kappa shape index (κ1) is 22.8. The van der Waals surface area contributed by atoms with Crippen molar-refractivity contribution in [1.82, 2.24) is 20.4 Å². The monoisotopic (exact) mass is 426 g/mol. The molecule has 0 radical (unpaired) electrons. The molecule has 0 spiro atoms. The van der Waals surface area contributed by atoms with Gasteiger partial charge in [0.25, 0.3) is 0 Å². The van der Waals surface area contributed by atoms with Crippen molar-refractivity contribution in [3.63, 3.8) is 0 Å². The van der Waals surface area contributed by atoms with Crippen LogP contribution >= 0.6 is 0 Å². The third kappa shape index (κ3) is 6.55. The molecule has 31 heavy (non-hydrogen) atoms. The molecule has 1 aromatic heterocycles. The summed E-state index contributed by atoms with van der Waals surface area (Å²) in [7, 11) is 1.82. The zero-order valence-electron chi connectivity index (χ0n) is 18.7. The quantitative estimate of drug-likeness (QED) is 0.384. The summed E-state index contributed by atoms with van der Waals surface area (Å²) in [6, 6.07) is 7.80. The summed E-state index contributed by atoms with van der Waals surface area (Å²) in [6.45, 7) is 5.20. The summed E-state index contributed by atoms with van der Waals surface area (Å²) in [4.78, 5) is 17.0. The van der Waals surface area contributed by atoms with Gasteiger partial charge < -0.3 is 21.1 Å². The first-order valence-electron chi connectivity index (χ1n) is 11.0. The van der Waals surface area contributed by atoms with Gasteiger partial charge in [-0.2, -0.15) is 5.10 Å². The van der Waals surface area contributed by atoms with Crippen LogP contribution in [0.25, 0.3) is 0 Å². The highest BCUT2D eigenvalue weighted by Gasteiger charge is 2.25. The van der Waals surface area contributed by atoms with E-state index in [1.165, 1.54) is 0 Å². The van der Waals surface area contributed by atoms with Crippen molar-refractivity contribution < 1.29 is 9.90 Å². The van der Waals surface area contributed by atoms with Crippen LogP contribution in [-0.4, -0.2) is 39.8 Å². The zero-order valence-corrected chi connectivity index (χ0v) is 18.7. The van der Waals surface area contributed by atoms with Crippen molar-refractivity contribution in [1.29, 1.82) is 0 Å². The molecule has 1 amide bonds. The van der Waals surface area contributed by atoms with E-state index < -0.39 is 5.60 Å². The molecule has 8 nitrogen and oxygen atoms in total. The second-order valence-corrected chi connectivity index (χ2v) is 8.40. The molecule has 2 aromatic rings. The zero-order chi connectivity index (χ0) is 22.3. The molecular formula is C23H34N6O2. The van der Waals surface area contributed by atoms with Gasteiger partial charge in [0.1, 0.15) is 5.60 Å². The van der Waals surface area contributed by atoms with E-state index in [9.17, 15) is 9.90 Å². The number of aryl methyl sites for hydroxylation is 1. The maximum absolute atomic E-state index is 12.4. The Morgan fingerprint density at radius 2 is 2.10 bits per heavy atom. The number of guanidine groups is 1. The van der Waals surface area contributed by atoms with Gasteiger partial charge in [-0.25, -0.2) is 4.99 Å². The number of nitrogens with one attached hydrogen (secondary N) is 3. The second-order valence-electron chi connectivity index (χ2n) is 8.40. The molecule has 0 bridgehead atoms. The topological polar surface area (TPSA) is 104 Å². The van der Waals surface area contributed by atoms with Gasteiger partial charge in [0.15, 0.2) is 5.96 Å². The Labute approximate surface area is 184 Å². The standard InChI is InChI=1S/C23H34N6O2/c1-4-24-22(26-16-23(2,31)19-14-27-29(3)15-19)25-13-17-8-7-11-20(12-17)28-21(30)18-9-5-6-10-18/h7-8,11-12,14-15,18,31H,4-6,9-10,13,16H2,1-3H3,(H,28,30)(H2,24,25,26). The van der Waals surface area contributed by atoms with Crippen LogP contribution in [0.3, 0.4) is 0 Å². The minimum atomic E-state index is -1.07. The number of aromatic nitrogens is 2. The molecule has 1 fully saturated rings. The third-order valence-electron chi connectivity index (χ3n) is 5.61. The minimum absolute atomic E-state index is 0.116. The molecule has 3 rings (SSSR count). The normalized spacial score (nSPS) is 16.7. The van der Waals surface area contributed by atoms with Gasteiger partial charge in [0.2, 0.25) is 5.91 Å². The van der Waals surface area contributed by atoms with Crippen LogP contribution in [0.5, 0.6) is 0 Å². The molecule has 4 N–H and O–H groups in total. The molecule has 1 aromatic carbocycles. The fourth-order valence-corrected chi connectivity index (χ4v) is 3.75. The lowest BCUT2D eigenvalue weighted by atomic mass is 10.00. The van der Waals surface area contributed by atoms with Crippen LogP contribution in [0.15, 0.2) is 41.7 Å². The van der Waals surface area contributed by atoms with E-state index in [-0.39, 0.29) is 11.8 Å². The van der Waals surface area contributed by atoms with Gasteiger partial charge >= 0.3 is 0 Å². The van der Waals surface area contributed by atoms with Crippen LogP contribution in [-0.2, 0) is 24.0 Å². The highest BCUT2D eigenvalue weighted by Crippen LogP contribution is 2.26. The van der Waals surface area contributed by atoms with Crippen LogP contribution in [0.1, 0.15) is 50.7 Å². The number of aliphatic hydroxyl groups is 1. The van der Waals surface area contributed by atoms with Crippen LogP contribution < -0.4 is 16.0 Å². The van der Waals surface area contributed by atoms with Gasteiger partial charge in [0.05, 0.1) is 19.3 Å². The van der Waals surface area contributed by atoms with E-state index >= 15 is 0 Å². The van der Waals surface area contributed by atoms with Gasteiger partial charge in [-0.3, -0.25) is 9.48 Å². The maximum atomic E-state index is 12.4. The minimum Gasteiger partial charge on any atom is -0.383 e. The molecule has 1 aliphatic rings. The predicted octanol–water partition coefficient (Wildman–Crippen LogP) is 2.51. The Morgan fingerprint density at radius 1 is 1.32 bits per heavy atom. The predicted molar refractivity (Wildman–Crippen MR) is 123 cm³/mol. The smallest absolute Gasteiger partial charge is 0.227 e. The SMILES string of the molecule is CCNC(=NCc1cccc(NC(=O)C2CCCC2)c1)NCC(C)(O)c1cnn(C)c1. The first-order valence-corrected chi connectivity index (χ1v) is 11.0. The number of carbonyl (C=O) groups is 1. The third-order valence-corrected chi connectivity index (χ3v) is 5.61. The van der Waals surface area contributed by atoms with E-state index in [1.807, 2.05) is 38.2 Å². The summed E-state index contributed by atoms with van der Waals surface area (Å²) in [6.07, 6.45) is 7.71. The maximum Gasteiger partial charge on any atom is 0.227 e. The van der Waals surface area contributed by atoms with E-state index in [0.717, 1.165) is 42.5 Å². The molecule has 1 saturated carbocycles. The van der Waals surface area contributed by atoms with Crippen molar-refractivity contribution in [2.45, 2.75) is 51.7 Å². The number of benzene rings is 1. The van der Waals surface area contributed by atoms with Gasteiger partial charge in [-0.05, 0) is 44.4 Å². The van der Waals surface area contributed by atoms with Gasteiger partial charge in [-0.15, -0.1) is 0 Å². The Kier molecular flexibility index (Phi) is 7.68. The number of amides is 1. The van der Waals surface area contributed by atoms with Gasteiger partial charge in [0, 0.05) is 37.0 Å². The number of rotatable bonds is 8. The first-order chi connectivity index (χ1) is 14.9. The number of anilines is 1. The summed E-state index contributed by atoms with van der Waals surface area (Å²) >= 11 is 0. The average molecular weight is 427 g/mol. The number of aliphatic imine (C=N–C) groups is 1. The van der Waals surface area contributed by atoms with E-state index in [4.69, 9.17) is 0 Å². The van der Waals surface area contributed by atoms with Crippen molar-refractivity contribution in [2.75, 3.05) is 18.4 Å². The lowest BCUT2D eigenvalue weighted by molar-refractivity contribution is -0.119. The molecule has 8 heteroatoms. The molecular weight excluding hydrogens is 392 g/mol. The Bertz CT molecular complexity index is 899. The number of carbonyl (C=O) groups excluding carboxylic acids is 1. The highest BCUT2D eigenvalue weighted by atomic mass is 16.3. The number of hydrogen-bond acceptors (Lipinski definition) is 4. The van der Waals surface area contributed by atoms with Crippen molar-refractivity contribution in [3.8, 4) is 0 Å². The van der Waals surface area contributed by atoms with Crippen LogP contribution in [0.2, 0.25) is 0 Å². The molecule has 168 valence electrons. The summed E-state index contributed by atoms with van der Waals surface area (Å²) in [5, 5.41) is 24.4. The fraction of sp³-hybridized carbons (Fsp3) is 0.522. The van der Waals surface area contributed by atoms with Gasteiger partial charge in [-0.1, -0.05) is 25.0 Å². The molecule has 1 unspecified atom stereocenters. The molecule has 0 saturated heterocycles. The Balaban J connectivity index is 1.60. The lowest BCUT2D eigenvalue weighted by Crippen LogP contribution is -2.44. The molecule has 1 aliphatic carbocycles. The van der Waals surface area contributed by atoms with E-state index in [2.05, 4.69) is 26.0 Å². The fourth-order valence-electron chi connectivity index (χ4n) is 3.75. The highest BCUT2D eigenvalue weighted by molar-refractivity contribution is 5.92. The summed E-state index contributed by atoms with van der Waals surface area (Å²) in [5.74, 6) is 0.872. The van der Waals surface area contributed by atoms with E-state index in [1.54, 1.807) is 24.0 Å². The number of nitrogens with zero attached hydrogens (tertiary/aromatic N) is 3. The summed E-state index contributed by atoms with van der Waals surface area (Å²) < 4.78 is 1.67. The van der Waals surface area contributed by atoms with Crippen molar-refractivity contribution in [3.05, 3.63) is 47.8 Å². The van der Waals surface area contributed by atoms with E-state index in [0.29, 0.717) is 25.6 Å². The molecule has 1 heterocycles. The Hall–Kier alpha value is -2.87. The van der Waals surface area contributed by atoms with Crippen LogP contribution in [0.4, 0.5) is 5.69 Å². The lowest BCUT2D eigenvalue weighted by Gasteiger charge is -2.23. The molecule has 0 aliphatic heterocycles. The van der Waals surface area contributed by atoms with Crippen molar-refractivity contribution >= 4 is 17.6 Å². The largest absolute Gasteiger partial charge is 0.383 e. The average Bonchev–Trinajstić information content (AvgIpc) is 3.43. The van der Waals surface area contributed by atoms with Crippen LogP contribution in [0, 0.1) is 5.92 Å².